The minimum Gasteiger partial charge on any atom is -0.338 e. The van der Waals surface area contributed by atoms with Gasteiger partial charge in [0, 0.05) is 13.1 Å². The van der Waals surface area contributed by atoms with Gasteiger partial charge in [-0.1, -0.05) is 11.2 Å². The summed E-state index contributed by atoms with van der Waals surface area (Å²) in [7, 11) is 0. The summed E-state index contributed by atoms with van der Waals surface area (Å²) in [5.41, 5.74) is 0. The number of aromatic nitrogens is 5. The highest BCUT2D eigenvalue weighted by atomic mass is 32.1. The molecular weight excluding hydrogens is 288 g/mol. The second-order valence-electron chi connectivity index (χ2n) is 5.01. The first kappa shape index (κ1) is 12.7. The molecule has 0 radical (unpaired) electrons. The summed E-state index contributed by atoms with van der Waals surface area (Å²) in [6.07, 6.45) is 0. The molecule has 0 aliphatic carbocycles. The van der Waals surface area contributed by atoms with Gasteiger partial charge in [0.1, 0.15) is 11.6 Å². The van der Waals surface area contributed by atoms with Crippen molar-refractivity contribution in [2.24, 2.45) is 0 Å². The maximum absolute atomic E-state index is 5.35. The van der Waals surface area contributed by atoms with Crippen molar-refractivity contribution in [3.8, 4) is 10.7 Å². The Balaban J connectivity index is 1.48. The molecule has 0 saturated heterocycles. The van der Waals surface area contributed by atoms with Crippen LogP contribution in [0.2, 0.25) is 0 Å². The SMILES string of the molecule is Cc1nnc2n1CCN(Cc1nc(-c3cccs3)no1)C2. The first-order chi connectivity index (χ1) is 10.3. The summed E-state index contributed by atoms with van der Waals surface area (Å²) in [6, 6.07) is 3.97. The van der Waals surface area contributed by atoms with E-state index in [2.05, 4.69) is 29.8 Å². The maximum atomic E-state index is 5.35. The summed E-state index contributed by atoms with van der Waals surface area (Å²) in [5.74, 6) is 3.28. The van der Waals surface area contributed by atoms with E-state index in [4.69, 9.17) is 4.52 Å². The van der Waals surface area contributed by atoms with E-state index < -0.39 is 0 Å². The first-order valence-corrected chi connectivity index (χ1v) is 7.65. The Kier molecular flexibility index (Phi) is 3.04. The van der Waals surface area contributed by atoms with Gasteiger partial charge in [-0.05, 0) is 18.4 Å². The second-order valence-corrected chi connectivity index (χ2v) is 5.96. The molecule has 0 saturated carbocycles. The molecule has 0 unspecified atom stereocenters. The second kappa shape index (κ2) is 5.05. The monoisotopic (exact) mass is 302 g/mol. The van der Waals surface area contributed by atoms with Gasteiger partial charge in [0.05, 0.1) is 18.0 Å². The molecule has 0 N–H and O–H groups in total. The summed E-state index contributed by atoms with van der Waals surface area (Å²) in [4.78, 5) is 7.73. The van der Waals surface area contributed by atoms with Gasteiger partial charge in [0.25, 0.3) is 0 Å². The fraction of sp³-hybridized carbons (Fsp3) is 0.385. The normalized spacial score (nSPS) is 15.3. The lowest BCUT2D eigenvalue weighted by atomic mass is 10.3. The van der Waals surface area contributed by atoms with Crippen molar-refractivity contribution in [2.75, 3.05) is 6.54 Å². The van der Waals surface area contributed by atoms with Crippen LogP contribution in [-0.2, 0) is 19.6 Å². The van der Waals surface area contributed by atoms with Crippen molar-refractivity contribution >= 4 is 11.3 Å². The quantitative estimate of drug-likeness (QED) is 0.733. The highest BCUT2D eigenvalue weighted by Gasteiger charge is 2.21. The van der Waals surface area contributed by atoms with E-state index >= 15 is 0 Å². The summed E-state index contributed by atoms with van der Waals surface area (Å²) in [6.45, 7) is 5.22. The van der Waals surface area contributed by atoms with Crippen LogP contribution in [0.3, 0.4) is 0 Å². The third kappa shape index (κ3) is 2.36. The maximum Gasteiger partial charge on any atom is 0.241 e. The van der Waals surface area contributed by atoms with Gasteiger partial charge in [0.2, 0.25) is 11.7 Å². The molecule has 4 rings (SSSR count). The fourth-order valence-electron chi connectivity index (χ4n) is 2.50. The number of aryl methyl sites for hydroxylation is 1. The van der Waals surface area contributed by atoms with Crippen molar-refractivity contribution in [2.45, 2.75) is 26.6 Å². The third-order valence-corrected chi connectivity index (χ3v) is 4.45. The van der Waals surface area contributed by atoms with Crippen LogP contribution in [0, 0.1) is 6.92 Å². The predicted molar refractivity (Wildman–Crippen MR) is 76.5 cm³/mol. The van der Waals surface area contributed by atoms with Gasteiger partial charge < -0.3 is 9.09 Å². The van der Waals surface area contributed by atoms with Crippen LogP contribution in [0.5, 0.6) is 0 Å². The number of hydrogen-bond acceptors (Lipinski definition) is 7. The minimum atomic E-state index is 0.642. The Bertz CT molecular complexity index is 747. The Morgan fingerprint density at radius 2 is 2.29 bits per heavy atom. The molecule has 21 heavy (non-hydrogen) atoms. The zero-order valence-electron chi connectivity index (χ0n) is 11.6. The predicted octanol–water partition coefficient (Wildman–Crippen LogP) is 1.71. The number of rotatable bonds is 3. The summed E-state index contributed by atoms with van der Waals surface area (Å²) >= 11 is 1.61. The lowest BCUT2D eigenvalue weighted by Gasteiger charge is -2.25. The van der Waals surface area contributed by atoms with Gasteiger partial charge in [-0.25, -0.2) is 0 Å². The van der Waals surface area contributed by atoms with Gasteiger partial charge in [0.15, 0.2) is 0 Å². The average molecular weight is 302 g/mol. The number of fused-ring (bicyclic) bond motifs is 1. The van der Waals surface area contributed by atoms with Crippen LogP contribution >= 0.6 is 11.3 Å². The molecule has 1 aliphatic rings. The van der Waals surface area contributed by atoms with Gasteiger partial charge in [-0.2, -0.15) is 4.98 Å². The van der Waals surface area contributed by atoms with Crippen LogP contribution < -0.4 is 0 Å². The Morgan fingerprint density at radius 3 is 3.14 bits per heavy atom. The van der Waals surface area contributed by atoms with Gasteiger partial charge >= 0.3 is 0 Å². The molecule has 0 fully saturated rings. The van der Waals surface area contributed by atoms with E-state index in [-0.39, 0.29) is 0 Å². The van der Waals surface area contributed by atoms with Crippen molar-refractivity contribution in [3.63, 3.8) is 0 Å². The molecule has 0 spiro atoms. The largest absolute Gasteiger partial charge is 0.338 e. The van der Waals surface area contributed by atoms with E-state index in [1.54, 1.807) is 11.3 Å². The molecule has 3 aromatic heterocycles. The highest BCUT2D eigenvalue weighted by Crippen LogP contribution is 2.22. The summed E-state index contributed by atoms with van der Waals surface area (Å²) in [5, 5.41) is 14.4. The zero-order valence-corrected chi connectivity index (χ0v) is 12.4. The molecule has 3 aromatic rings. The number of thiophene rings is 1. The molecule has 1 aliphatic heterocycles. The molecular formula is C13H14N6OS. The van der Waals surface area contributed by atoms with Crippen LogP contribution in [0.4, 0.5) is 0 Å². The Hall–Kier alpha value is -2.06. The molecule has 0 bridgehead atoms. The molecule has 0 aromatic carbocycles. The molecule has 0 atom stereocenters. The standard InChI is InChI=1S/C13H14N6OS/c1-9-15-16-11-7-18(4-5-19(9)11)8-12-14-13(17-20-12)10-3-2-6-21-10/h2-3,6H,4-5,7-8H2,1H3. The Morgan fingerprint density at radius 1 is 1.33 bits per heavy atom. The van der Waals surface area contributed by atoms with Crippen LogP contribution in [-0.4, -0.2) is 36.3 Å². The fourth-order valence-corrected chi connectivity index (χ4v) is 3.15. The lowest BCUT2D eigenvalue weighted by molar-refractivity contribution is 0.182. The lowest BCUT2D eigenvalue weighted by Crippen LogP contribution is -2.33. The highest BCUT2D eigenvalue weighted by molar-refractivity contribution is 7.13. The van der Waals surface area contributed by atoms with Crippen LogP contribution in [0.25, 0.3) is 10.7 Å². The Labute approximate surface area is 125 Å². The molecule has 108 valence electrons. The smallest absolute Gasteiger partial charge is 0.241 e. The van der Waals surface area contributed by atoms with E-state index in [0.29, 0.717) is 18.3 Å². The van der Waals surface area contributed by atoms with E-state index in [1.165, 1.54) is 0 Å². The van der Waals surface area contributed by atoms with Crippen LogP contribution in [0.15, 0.2) is 22.0 Å². The molecule has 8 heteroatoms. The van der Waals surface area contributed by atoms with Gasteiger partial charge in [-0.3, -0.25) is 4.90 Å². The van der Waals surface area contributed by atoms with E-state index in [1.807, 2.05) is 24.4 Å². The van der Waals surface area contributed by atoms with Crippen molar-refractivity contribution in [3.05, 3.63) is 35.1 Å². The van der Waals surface area contributed by atoms with Crippen molar-refractivity contribution < 1.29 is 4.52 Å². The number of nitrogens with zero attached hydrogens (tertiary/aromatic N) is 6. The topological polar surface area (TPSA) is 72.9 Å². The van der Waals surface area contributed by atoms with Crippen molar-refractivity contribution in [1.29, 1.82) is 0 Å². The number of hydrogen-bond donors (Lipinski definition) is 0. The van der Waals surface area contributed by atoms with E-state index in [0.717, 1.165) is 36.2 Å². The average Bonchev–Trinajstić information content (AvgIpc) is 3.20. The van der Waals surface area contributed by atoms with E-state index in [9.17, 15) is 0 Å². The van der Waals surface area contributed by atoms with Crippen molar-refractivity contribution in [1.82, 2.24) is 29.8 Å². The summed E-state index contributed by atoms with van der Waals surface area (Å²) < 4.78 is 7.50. The van der Waals surface area contributed by atoms with Crippen LogP contribution in [0.1, 0.15) is 17.5 Å². The first-order valence-electron chi connectivity index (χ1n) is 6.77. The molecule has 7 nitrogen and oxygen atoms in total. The third-order valence-electron chi connectivity index (χ3n) is 3.59. The minimum absolute atomic E-state index is 0.642. The molecule has 4 heterocycles. The zero-order chi connectivity index (χ0) is 14.2. The molecule has 0 amide bonds. The van der Waals surface area contributed by atoms with Gasteiger partial charge in [-0.15, -0.1) is 21.5 Å².